The summed E-state index contributed by atoms with van der Waals surface area (Å²) < 4.78 is 1.64. The van der Waals surface area contributed by atoms with Gasteiger partial charge in [-0.25, -0.2) is 4.79 Å². The van der Waals surface area contributed by atoms with Crippen molar-refractivity contribution in [3.8, 4) is 0 Å². The molecule has 0 spiro atoms. The standard InChI is InChI=1S/C12H17NO3S/c1-8(17-3)4-5-13-7-10(9(2)14)6-11(13)12(15)16/h6-8H,4-5H2,1-3H3,(H,15,16). The molecule has 0 saturated heterocycles. The molecule has 0 radical (unpaired) electrons. The van der Waals surface area contributed by atoms with Gasteiger partial charge in [-0.2, -0.15) is 11.8 Å². The first-order valence-corrected chi connectivity index (χ1v) is 6.71. The highest BCUT2D eigenvalue weighted by Gasteiger charge is 2.14. The van der Waals surface area contributed by atoms with Crippen molar-refractivity contribution in [2.24, 2.45) is 0 Å². The van der Waals surface area contributed by atoms with Crippen LogP contribution in [-0.2, 0) is 6.54 Å². The molecule has 1 rings (SSSR count). The first-order chi connectivity index (χ1) is 7.95. The van der Waals surface area contributed by atoms with E-state index in [9.17, 15) is 9.59 Å². The normalized spacial score (nSPS) is 12.4. The molecule has 0 fully saturated rings. The average molecular weight is 255 g/mol. The fourth-order valence-electron chi connectivity index (χ4n) is 1.51. The van der Waals surface area contributed by atoms with E-state index in [0.717, 1.165) is 6.42 Å². The van der Waals surface area contributed by atoms with E-state index in [1.807, 2.05) is 6.26 Å². The number of carbonyl (C=O) groups excluding carboxylic acids is 1. The topological polar surface area (TPSA) is 59.3 Å². The summed E-state index contributed by atoms with van der Waals surface area (Å²) in [7, 11) is 0. The van der Waals surface area contributed by atoms with Gasteiger partial charge in [-0.05, 0) is 25.7 Å². The van der Waals surface area contributed by atoms with E-state index in [2.05, 4.69) is 6.92 Å². The number of hydrogen-bond donors (Lipinski definition) is 1. The largest absolute Gasteiger partial charge is 0.477 e. The van der Waals surface area contributed by atoms with Gasteiger partial charge >= 0.3 is 5.97 Å². The molecule has 0 aliphatic rings. The fourth-order valence-corrected chi connectivity index (χ4v) is 1.85. The minimum absolute atomic E-state index is 0.107. The van der Waals surface area contributed by atoms with Crippen molar-refractivity contribution in [3.63, 3.8) is 0 Å². The number of aromatic nitrogens is 1. The predicted octanol–water partition coefficient (Wildman–Crippen LogP) is 2.53. The van der Waals surface area contributed by atoms with Gasteiger partial charge in [-0.15, -0.1) is 0 Å². The van der Waals surface area contributed by atoms with Gasteiger partial charge in [-0.3, -0.25) is 4.79 Å². The molecule has 1 aromatic heterocycles. The highest BCUT2D eigenvalue weighted by atomic mass is 32.2. The molecule has 1 aromatic rings. The third-order valence-electron chi connectivity index (χ3n) is 2.70. The quantitative estimate of drug-likeness (QED) is 0.793. The monoisotopic (exact) mass is 255 g/mol. The van der Waals surface area contributed by atoms with Gasteiger partial charge in [-0.1, -0.05) is 6.92 Å². The molecule has 1 atom stereocenters. The van der Waals surface area contributed by atoms with Gasteiger partial charge in [0.25, 0.3) is 0 Å². The molecule has 94 valence electrons. The molecule has 0 amide bonds. The molecule has 5 heteroatoms. The van der Waals surface area contributed by atoms with Crippen LogP contribution in [0.1, 0.15) is 41.1 Å². The second kappa shape index (κ2) is 5.91. The van der Waals surface area contributed by atoms with Crippen molar-refractivity contribution in [1.82, 2.24) is 4.57 Å². The number of rotatable bonds is 6. The number of aromatic carboxylic acids is 1. The molecule has 17 heavy (non-hydrogen) atoms. The van der Waals surface area contributed by atoms with E-state index < -0.39 is 5.97 Å². The third kappa shape index (κ3) is 3.63. The molecule has 0 aliphatic carbocycles. The van der Waals surface area contributed by atoms with Crippen LogP contribution < -0.4 is 0 Å². The molecule has 4 nitrogen and oxygen atoms in total. The highest BCUT2D eigenvalue weighted by molar-refractivity contribution is 7.99. The Labute approximate surface area is 105 Å². The summed E-state index contributed by atoms with van der Waals surface area (Å²) in [6.45, 7) is 4.16. The summed E-state index contributed by atoms with van der Waals surface area (Å²) in [6.07, 6.45) is 4.53. The lowest BCUT2D eigenvalue weighted by Crippen LogP contribution is -2.10. The Bertz CT molecular complexity index is 425. The zero-order valence-electron chi connectivity index (χ0n) is 10.3. The predicted molar refractivity (Wildman–Crippen MR) is 69.0 cm³/mol. The van der Waals surface area contributed by atoms with Crippen LogP contribution in [0.2, 0.25) is 0 Å². The number of nitrogens with zero attached hydrogens (tertiary/aromatic N) is 1. The van der Waals surface area contributed by atoms with Crippen LogP contribution in [0, 0.1) is 0 Å². The number of carboxylic acid groups (broad SMARTS) is 1. The van der Waals surface area contributed by atoms with Crippen molar-refractivity contribution in [2.75, 3.05) is 6.26 Å². The van der Waals surface area contributed by atoms with E-state index in [1.165, 1.54) is 13.0 Å². The Morgan fingerprint density at radius 2 is 2.18 bits per heavy atom. The van der Waals surface area contributed by atoms with Crippen LogP contribution in [0.15, 0.2) is 12.3 Å². The number of ketones is 1. The highest BCUT2D eigenvalue weighted by Crippen LogP contribution is 2.15. The van der Waals surface area contributed by atoms with Gasteiger partial charge in [0.2, 0.25) is 0 Å². The first-order valence-electron chi connectivity index (χ1n) is 5.43. The van der Waals surface area contributed by atoms with Crippen molar-refractivity contribution in [3.05, 3.63) is 23.5 Å². The van der Waals surface area contributed by atoms with E-state index >= 15 is 0 Å². The van der Waals surface area contributed by atoms with Gasteiger partial charge in [0.15, 0.2) is 5.78 Å². The van der Waals surface area contributed by atoms with Crippen molar-refractivity contribution >= 4 is 23.5 Å². The van der Waals surface area contributed by atoms with Gasteiger partial charge < -0.3 is 9.67 Å². The van der Waals surface area contributed by atoms with Gasteiger partial charge in [0, 0.05) is 23.6 Å². The SMILES string of the molecule is CSC(C)CCn1cc(C(C)=O)cc1C(=O)O. The Balaban J connectivity index is 2.89. The molecular weight excluding hydrogens is 238 g/mol. The molecule has 0 bridgehead atoms. The molecule has 0 aliphatic heterocycles. The van der Waals surface area contributed by atoms with Crippen molar-refractivity contribution < 1.29 is 14.7 Å². The zero-order valence-corrected chi connectivity index (χ0v) is 11.1. The van der Waals surface area contributed by atoms with Crippen LogP contribution in [0.4, 0.5) is 0 Å². The molecular formula is C12H17NO3S. The van der Waals surface area contributed by atoms with Gasteiger partial charge in [0.1, 0.15) is 5.69 Å². The smallest absolute Gasteiger partial charge is 0.352 e. The number of hydrogen-bond acceptors (Lipinski definition) is 3. The number of Topliss-reactive ketones (excluding diaryl/α,β-unsaturated/α-hetero) is 1. The zero-order chi connectivity index (χ0) is 13.0. The maximum atomic E-state index is 11.2. The number of carboxylic acids is 1. The van der Waals surface area contributed by atoms with E-state index in [4.69, 9.17) is 5.11 Å². The molecule has 1 heterocycles. The number of aryl methyl sites for hydroxylation is 1. The lowest BCUT2D eigenvalue weighted by Gasteiger charge is -2.10. The molecule has 1 unspecified atom stereocenters. The summed E-state index contributed by atoms with van der Waals surface area (Å²) in [5.41, 5.74) is 0.641. The van der Waals surface area contributed by atoms with Crippen LogP contribution in [0.5, 0.6) is 0 Å². The first kappa shape index (κ1) is 13.8. The maximum absolute atomic E-state index is 11.2. The van der Waals surface area contributed by atoms with Crippen LogP contribution in [0.3, 0.4) is 0 Å². The second-order valence-corrected chi connectivity index (χ2v) is 5.28. The summed E-state index contributed by atoms with van der Waals surface area (Å²) in [4.78, 5) is 22.3. The van der Waals surface area contributed by atoms with Crippen LogP contribution in [0.25, 0.3) is 0 Å². The minimum atomic E-state index is -0.991. The Morgan fingerprint density at radius 1 is 1.53 bits per heavy atom. The van der Waals surface area contributed by atoms with Gasteiger partial charge in [0.05, 0.1) is 0 Å². The Kier molecular flexibility index (Phi) is 4.81. The maximum Gasteiger partial charge on any atom is 0.352 e. The Hall–Kier alpha value is -1.23. The molecule has 0 aromatic carbocycles. The minimum Gasteiger partial charge on any atom is -0.477 e. The summed E-state index contributed by atoms with van der Waals surface area (Å²) in [5.74, 6) is -1.10. The lowest BCUT2D eigenvalue weighted by atomic mass is 10.2. The van der Waals surface area contributed by atoms with E-state index in [-0.39, 0.29) is 11.5 Å². The van der Waals surface area contributed by atoms with Crippen molar-refractivity contribution in [2.45, 2.75) is 32.1 Å². The Morgan fingerprint density at radius 3 is 2.65 bits per heavy atom. The number of carbonyl (C=O) groups is 2. The van der Waals surface area contributed by atoms with Crippen molar-refractivity contribution in [1.29, 1.82) is 0 Å². The summed E-state index contributed by atoms with van der Waals surface area (Å²) >= 11 is 1.74. The van der Waals surface area contributed by atoms with E-state index in [1.54, 1.807) is 22.5 Å². The average Bonchev–Trinajstić information content (AvgIpc) is 2.70. The van der Waals surface area contributed by atoms with Crippen LogP contribution in [-0.4, -0.2) is 32.9 Å². The third-order valence-corrected chi connectivity index (χ3v) is 3.74. The second-order valence-electron chi connectivity index (χ2n) is 4.00. The number of thioether (sulfide) groups is 1. The molecule has 0 saturated carbocycles. The summed E-state index contributed by atoms with van der Waals surface area (Å²) in [6, 6.07) is 1.44. The molecule has 1 N–H and O–H groups in total. The van der Waals surface area contributed by atoms with E-state index in [0.29, 0.717) is 17.4 Å². The fraction of sp³-hybridized carbons (Fsp3) is 0.500. The summed E-state index contributed by atoms with van der Waals surface area (Å²) in [5, 5.41) is 9.52. The van der Waals surface area contributed by atoms with Crippen LogP contribution >= 0.6 is 11.8 Å². The lowest BCUT2D eigenvalue weighted by molar-refractivity contribution is 0.0685.